The molecule has 2 nitrogen and oxygen atoms in total. The van der Waals surface area contributed by atoms with Crippen LogP contribution in [0.15, 0.2) is 24.3 Å². The van der Waals surface area contributed by atoms with Crippen molar-refractivity contribution < 1.29 is 9.90 Å². The van der Waals surface area contributed by atoms with E-state index in [1.807, 2.05) is 12.1 Å². The van der Waals surface area contributed by atoms with E-state index in [0.717, 1.165) is 6.42 Å². The highest BCUT2D eigenvalue weighted by Crippen LogP contribution is 2.23. The van der Waals surface area contributed by atoms with Gasteiger partial charge in [0.05, 0.1) is 5.41 Å². The number of hydrogen-bond acceptors (Lipinski definition) is 1. The van der Waals surface area contributed by atoms with Gasteiger partial charge in [-0.3, -0.25) is 4.79 Å². The lowest BCUT2D eigenvalue weighted by Crippen LogP contribution is -2.24. The summed E-state index contributed by atoms with van der Waals surface area (Å²) >= 11 is 0. The van der Waals surface area contributed by atoms with E-state index in [0.29, 0.717) is 6.42 Å². The summed E-state index contributed by atoms with van der Waals surface area (Å²) in [5.41, 5.74) is 1.84. The minimum Gasteiger partial charge on any atom is -0.481 e. The molecule has 0 radical (unpaired) electrons. The summed E-state index contributed by atoms with van der Waals surface area (Å²) < 4.78 is 0. The lowest BCUT2D eigenvalue weighted by molar-refractivity contribution is -0.147. The zero-order valence-electron chi connectivity index (χ0n) is 9.58. The minimum absolute atomic E-state index is 0.637. The molecule has 0 atom stereocenters. The van der Waals surface area contributed by atoms with E-state index in [4.69, 9.17) is 5.11 Å². The van der Waals surface area contributed by atoms with E-state index in [9.17, 15) is 4.79 Å². The molecule has 15 heavy (non-hydrogen) atoms. The van der Waals surface area contributed by atoms with Gasteiger partial charge in [0.1, 0.15) is 0 Å². The first-order valence-corrected chi connectivity index (χ1v) is 5.21. The molecule has 1 aromatic carbocycles. The Bertz CT molecular complexity index is 353. The van der Waals surface area contributed by atoms with Gasteiger partial charge in [0, 0.05) is 0 Å². The molecule has 0 fully saturated rings. The Hall–Kier alpha value is -1.31. The van der Waals surface area contributed by atoms with Crippen LogP contribution < -0.4 is 0 Å². The van der Waals surface area contributed by atoms with E-state index >= 15 is 0 Å². The summed E-state index contributed by atoms with van der Waals surface area (Å²) in [5, 5.41) is 8.99. The van der Waals surface area contributed by atoms with Gasteiger partial charge in [-0.25, -0.2) is 0 Å². The van der Waals surface area contributed by atoms with Crippen molar-refractivity contribution in [2.75, 3.05) is 0 Å². The van der Waals surface area contributed by atoms with Crippen molar-refractivity contribution in [3.63, 3.8) is 0 Å². The number of rotatable bonds is 4. The fourth-order valence-corrected chi connectivity index (χ4v) is 1.44. The summed E-state index contributed by atoms with van der Waals surface area (Å²) in [5.74, 6) is -0.726. The lowest BCUT2D eigenvalue weighted by atomic mass is 9.86. The second-order valence-corrected chi connectivity index (χ2v) is 4.62. The topological polar surface area (TPSA) is 37.3 Å². The van der Waals surface area contributed by atoms with Crippen LogP contribution in [-0.2, 0) is 11.2 Å². The zero-order valence-corrected chi connectivity index (χ0v) is 9.58. The maximum atomic E-state index is 10.9. The van der Waals surface area contributed by atoms with Crippen LogP contribution in [0.25, 0.3) is 0 Å². The third-order valence-corrected chi connectivity index (χ3v) is 2.86. The van der Waals surface area contributed by atoms with Crippen LogP contribution in [0.5, 0.6) is 0 Å². The van der Waals surface area contributed by atoms with Crippen LogP contribution in [0, 0.1) is 12.3 Å². The van der Waals surface area contributed by atoms with Crippen molar-refractivity contribution in [2.45, 2.75) is 33.6 Å². The van der Waals surface area contributed by atoms with Crippen molar-refractivity contribution in [1.82, 2.24) is 0 Å². The van der Waals surface area contributed by atoms with Crippen molar-refractivity contribution >= 4 is 5.97 Å². The Labute approximate surface area is 90.9 Å². The monoisotopic (exact) mass is 206 g/mol. The summed E-state index contributed by atoms with van der Waals surface area (Å²) in [7, 11) is 0. The minimum atomic E-state index is -0.726. The van der Waals surface area contributed by atoms with Crippen molar-refractivity contribution in [3.8, 4) is 0 Å². The fraction of sp³-hybridized carbons (Fsp3) is 0.462. The summed E-state index contributed by atoms with van der Waals surface area (Å²) in [4.78, 5) is 10.9. The van der Waals surface area contributed by atoms with Crippen molar-refractivity contribution in [3.05, 3.63) is 35.4 Å². The van der Waals surface area contributed by atoms with Gasteiger partial charge in [-0.15, -0.1) is 0 Å². The van der Waals surface area contributed by atoms with Gasteiger partial charge >= 0.3 is 5.97 Å². The molecular formula is C13H18O2. The van der Waals surface area contributed by atoms with Crippen LogP contribution in [0.4, 0.5) is 0 Å². The molecule has 0 unspecified atom stereocenters. The molecule has 1 aromatic rings. The number of aryl methyl sites for hydroxylation is 2. The van der Waals surface area contributed by atoms with Gasteiger partial charge in [-0.2, -0.15) is 0 Å². The SMILES string of the molecule is Cc1ccccc1CCC(C)(C)C(=O)O. The molecular weight excluding hydrogens is 188 g/mol. The second-order valence-electron chi connectivity index (χ2n) is 4.62. The third kappa shape index (κ3) is 3.08. The predicted octanol–water partition coefficient (Wildman–Crippen LogP) is 3.04. The lowest BCUT2D eigenvalue weighted by Gasteiger charge is -2.19. The highest BCUT2D eigenvalue weighted by atomic mass is 16.4. The van der Waals surface area contributed by atoms with E-state index in [-0.39, 0.29) is 0 Å². The van der Waals surface area contributed by atoms with E-state index in [1.54, 1.807) is 13.8 Å². The highest BCUT2D eigenvalue weighted by Gasteiger charge is 2.26. The van der Waals surface area contributed by atoms with E-state index in [1.165, 1.54) is 11.1 Å². The highest BCUT2D eigenvalue weighted by molar-refractivity contribution is 5.73. The number of hydrogen-bond donors (Lipinski definition) is 1. The van der Waals surface area contributed by atoms with Crippen LogP contribution in [-0.4, -0.2) is 11.1 Å². The Morgan fingerprint density at radius 3 is 2.47 bits per heavy atom. The van der Waals surface area contributed by atoms with Gasteiger partial charge in [0.25, 0.3) is 0 Å². The maximum absolute atomic E-state index is 10.9. The van der Waals surface area contributed by atoms with Gasteiger partial charge in [0.15, 0.2) is 0 Å². The first-order valence-electron chi connectivity index (χ1n) is 5.21. The molecule has 0 aliphatic rings. The van der Waals surface area contributed by atoms with Gasteiger partial charge < -0.3 is 5.11 Å². The Morgan fingerprint density at radius 2 is 1.93 bits per heavy atom. The zero-order chi connectivity index (χ0) is 11.5. The van der Waals surface area contributed by atoms with E-state index < -0.39 is 11.4 Å². The largest absolute Gasteiger partial charge is 0.481 e. The molecule has 0 saturated carbocycles. The molecule has 0 amide bonds. The molecule has 0 aliphatic heterocycles. The average molecular weight is 206 g/mol. The quantitative estimate of drug-likeness (QED) is 0.822. The molecule has 0 saturated heterocycles. The van der Waals surface area contributed by atoms with Gasteiger partial charge in [-0.1, -0.05) is 24.3 Å². The molecule has 1 N–H and O–H groups in total. The standard InChI is InChI=1S/C13H18O2/c1-10-6-4-5-7-11(10)8-9-13(2,3)12(14)15/h4-7H,8-9H2,1-3H3,(H,14,15). The third-order valence-electron chi connectivity index (χ3n) is 2.86. The number of aliphatic carboxylic acids is 1. The number of benzene rings is 1. The van der Waals surface area contributed by atoms with Crippen LogP contribution >= 0.6 is 0 Å². The molecule has 0 aromatic heterocycles. The first kappa shape index (κ1) is 11.8. The van der Waals surface area contributed by atoms with E-state index in [2.05, 4.69) is 19.1 Å². The van der Waals surface area contributed by atoms with Crippen molar-refractivity contribution in [2.24, 2.45) is 5.41 Å². The smallest absolute Gasteiger partial charge is 0.309 e. The first-order chi connectivity index (χ1) is 6.93. The molecule has 0 bridgehead atoms. The van der Waals surface area contributed by atoms with Gasteiger partial charge in [-0.05, 0) is 44.7 Å². The Kier molecular flexibility index (Phi) is 3.51. The number of carboxylic acid groups (broad SMARTS) is 1. The Morgan fingerprint density at radius 1 is 1.33 bits per heavy atom. The molecule has 0 heterocycles. The summed E-state index contributed by atoms with van der Waals surface area (Å²) in [6.45, 7) is 5.60. The number of carbonyl (C=O) groups is 1. The molecule has 82 valence electrons. The number of carboxylic acids is 1. The Balaban J connectivity index is 2.66. The molecule has 0 spiro atoms. The average Bonchev–Trinajstić information content (AvgIpc) is 2.16. The second kappa shape index (κ2) is 4.47. The van der Waals surface area contributed by atoms with Crippen LogP contribution in [0.2, 0.25) is 0 Å². The predicted molar refractivity (Wildman–Crippen MR) is 60.9 cm³/mol. The maximum Gasteiger partial charge on any atom is 0.309 e. The molecule has 2 heteroatoms. The fourth-order valence-electron chi connectivity index (χ4n) is 1.44. The normalized spacial score (nSPS) is 11.4. The van der Waals surface area contributed by atoms with Crippen LogP contribution in [0.3, 0.4) is 0 Å². The van der Waals surface area contributed by atoms with Crippen LogP contribution in [0.1, 0.15) is 31.4 Å². The van der Waals surface area contributed by atoms with Gasteiger partial charge in [0.2, 0.25) is 0 Å². The molecule has 1 rings (SSSR count). The van der Waals surface area contributed by atoms with Crippen molar-refractivity contribution in [1.29, 1.82) is 0 Å². The summed E-state index contributed by atoms with van der Waals surface area (Å²) in [6, 6.07) is 8.12. The molecule has 0 aliphatic carbocycles. The summed E-state index contributed by atoms with van der Waals surface area (Å²) in [6.07, 6.45) is 1.50.